The highest BCUT2D eigenvalue weighted by Crippen LogP contribution is 2.20. The van der Waals surface area contributed by atoms with E-state index in [2.05, 4.69) is 66.3 Å². The Kier molecular flexibility index (Phi) is 5.00. The highest BCUT2D eigenvalue weighted by atomic mass is 15.1. The molecular formula is C16H25N3. The van der Waals surface area contributed by atoms with Crippen molar-refractivity contribution in [1.82, 2.24) is 14.8 Å². The van der Waals surface area contributed by atoms with Crippen molar-refractivity contribution in [2.75, 3.05) is 27.2 Å². The molecule has 19 heavy (non-hydrogen) atoms. The molecule has 1 N–H and O–H groups in total. The predicted molar refractivity (Wildman–Crippen MR) is 82.5 cm³/mol. The van der Waals surface area contributed by atoms with Crippen molar-refractivity contribution < 1.29 is 0 Å². The monoisotopic (exact) mass is 259 g/mol. The second kappa shape index (κ2) is 6.73. The lowest BCUT2D eigenvalue weighted by Gasteiger charge is -2.11. The van der Waals surface area contributed by atoms with Gasteiger partial charge in [0.15, 0.2) is 0 Å². The van der Waals surface area contributed by atoms with Crippen LogP contribution in [0.25, 0.3) is 10.9 Å². The Hall–Kier alpha value is -1.32. The predicted octanol–water partition coefficient (Wildman–Crippen LogP) is 2.70. The van der Waals surface area contributed by atoms with E-state index in [0.717, 1.165) is 26.2 Å². The third-order valence-electron chi connectivity index (χ3n) is 3.47. The number of hydrogen-bond donors (Lipinski definition) is 1. The van der Waals surface area contributed by atoms with E-state index in [9.17, 15) is 0 Å². The summed E-state index contributed by atoms with van der Waals surface area (Å²) >= 11 is 0. The van der Waals surface area contributed by atoms with Crippen molar-refractivity contribution in [1.29, 1.82) is 0 Å². The van der Waals surface area contributed by atoms with Crippen LogP contribution in [0.5, 0.6) is 0 Å². The molecule has 1 heterocycles. The fraction of sp³-hybridized carbons (Fsp3) is 0.500. The molecular weight excluding hydrogens is 234 g/mol. The lowest BCUT2D eigenvalue weighted by atomic mass is 10.1. The largest absolute Gasteiger partial charge is 0.347 e. The Bertz CT molecular complexity index is 514. The number of aromatic nitrogens is 1. The summed E-state index contributed by atoms with van der Waals surface area (Å²) in [5, 5.41) is 4.79. The number of fused-ring (bicyclic) bond motifs is 1. The molecule has 0 bridgehead atoms. The maximum absolute atomic E-state index is 3.41. The van der Waals surface area contributed by atoms with Crippen LogP contribution in [-0.4, -0.2) is 36.7 Å². The summed E-state index contributed by atoms with van der Waals surface area (Å²) in [6.45, 7) is 6.34. The first kappa shape index (κ1) is 14.1. The fourth-order valence-electron chi connectivity index (χ4n) is 2.45. The Morgan fingerprint density at radius 1 is 1.21 bits per heavy atom. The molecule has 0 unspecified atom stereocenters. The maximum atomic E-state index is 3.41. The summed E-state index contributed by atoms with van der Waals surface area (Å²) in [5.74, 6) is 0. The quantitative estimate of drug-likeness (QED) is 0.825. The molecule has 3 heteroatoms. The Morgan fingerprint density at radius 3 is 2.79 bits per heavy atom. The maximum Gasteiger partial charge on any atom is 0.0483 e. The van der Waals surface area contributed by atoms with Crippen LogP contribution in [0.4, 0.5) is 0 Å². The minimum atomic E-state index is 0.954. The smallest absolute Gasteiger partial charge is 0.0483 e. The van der Waals surface area contributed by atoms with Crippen molar-refractivity contribution in [3.05, 3.63) is 36.0 Å². The Labute approximate surface area is 116 Å². The number of benzene rings is 1. The van der Waals surface area contributed by atoms with Crippen LogP contribution in [0, 0.1) is 0 Å². The highest BCUT2D eigenvalue weighted by molar-refractivity contribution is 5.83. The molecule has 3 nitrogen and oxygen atoms in total. The van der Waals surface area contributed by atoms with E-state index in [4.69, 9.17) is 0 Å². The average Bonchev–Trinajstić information content (AvgIpc) is 2.80. The molecule has 0 saturated heterocycles. The molecule has 0 spiro atoms. The minimum absolute atomic E-state index is 0.954. The van der Waals surface area contributed by atoms with Crippen LogP contribution in [0.15, 0.2) is 30.5 Å². The molecule has 0 saturated carbocycles. The van der Waals surface area contributed by atoms with Crippen molar-refractivity contribution >= 4 is 10.9 Å². The number of aryl methyl sites for hydroxylation is 1. The molecule has 0 amide bonds. The van der Waals surface area contributed by atoms with Gasteiger partial charge in [0.25, 0.3) is 0 Å². The molecule has 0 aliphatic carbocycles. The molecule has 2 rings (SSSR count). The fourth-order valence-corrected chi connectivity index (χ4v) is 2.45. The summed E-state index contributed by atoms with van der Waals surface area (Å²) in [5.41, 5.74) is 2.75. The van der Waals surface area contributed by atoms with Crippen molar-refractivity contribution in [3.63, 3.8) is 0 Å². The Balaban J connectivity index is 2.13. The molecule has 2 aromatic rings. The van der Waals surface area contributed by atoms with Crippen LogP contribution in [-0.2, 0) is 13.1 Å². The van der Waals surface area contributed by atoms with Crippen LogP contribution < -0.4 is 5.32 Å². The lowest BCUT2D eigenvalue weighted by Crippen LogP contribution is -2.14. The van der Waals surface area contributed by atoms with E-state index >= 15 is 0 Å². The second-order valence-electron chi connectivity index (χ2n) is 5.30. The van der Waals surface area contributed by atoms with E-state index in [1.165, 1.54) is 22.9 Å². The third-order valence-corrected chi connectivity index (χ3v) is 3.47. The SMILES string of the molecule is CCNCc1cccc2c1ccn2CCCN(C)C. The summed E-state index contributed by atoms with van der Waals surface area (Å²) < 4.78 is 2.37. The van der Waals surface area contributed by atoms with Crippen LogP contribution in [0.3, 0.4) is 0 Å². The average molecular weight is 259 g/mol. The summed E-state index contributed by atoms with van der Waals surface area (Å²) in [6, 6.07) is 8.85. The van der Waals surface area contributed by atoms with Gasteiger partial charge < -0.3 is 14.8 Å². The summed E-state index contributed by atoms with van der Waals surface area (Å²) in [4.78, 5) is 2.24. The number of rotatable bonds is 7. The highest BCUT2D eigenvalue weighted by Gasteiger charge is 2.05. The van der Waals surface area contributed by atoms with E-state index in [0.29, 0.717) is 0 Å². The molecule has 0 radical (unpaired) electrons. The molecule has 0 atom stereocenters. The minimum Gasteiger partial charge on any atom is -0.347 e. The van der Waals surface area contributed by atoms with Crippen molar-refractivity contribution in [2.24, 2.45) is 0 Å². The zero-order valence-electron chi connectivity index (χ0n) is 12.3. The van der Waals surface area contributed by atoms with Crippen molar-refractivity contribution in [2.45, 2.75) is 26.4 Å². The zero-order valence-corrected chi connectivity index (χ0v) is 12.3. The van der Waals surface area contributed by atoms with E-state index in [1.54, 1.807) is 0 Å². The molecule has 1 aromatic carbocycles. The Morgan fingerprint density at radius 2 is 2.05 bits per heavy atom. The van der Waals surface area contributed by atoms with E-state index < -0.39 is 0 Å². The van der Waals surface area contributed by atoms with E-state index in [1.807, 2.05) is 0 Å². The first-order valence-electron chi connectivity index (χ1n) is 7.14. The van der Waals surface area contributed by atoms with Gasteiger partial charge in [0.1, 0.15) is 0 Å². The second-order valence-corrected chi connectivity index (χ2v) is 5.30. The molecule has 0 fully saturated rings. The van der Waals surface area contributed by atoms with Gasteiger partial charge in [0.2, 0.25) is 0 Å². The van der Waals surface area contributed by atoms with Gasteiger partial charge in [0.05, 0.1) is 0 Å². The van der Waals surface area contributed by atoms with Gasteiger partial charge in [-0.15, -0.1) is 0 Å². The zero-order chi connectivity index (χ0) is 13.7. The molecule has 0 aliphatic heterocycles. The first-order chi connectivity index (χ1) is 9.22. The number of nitrogens with zero attached hydrogens (tertiary/aromatic N) is 2. The topological polar surface area (TPSA) is 20.2 Å². The number of nitrogens with one attached hydrogen (secondary N) is 1. The van der Waals surface area contributed by atoms with Gasteiger partial charge in [-0.3, -0.25) is 0 Å². The molecule has 1 aromatic heterocycles. The van der Waals surface area contributed by atoms with Gasteiger partial charge >= 0.3 is 0 Å². The number of hydrogen-bond acceptors (Lipinski definition) is 2. The first-order valence-corrected chi connectivity index (χ1v) is 7.14. The van der Waals surface area contributed by atoms with Crippen LogP contribution in [0.1, 0.15) is 18.9 Å². The van der Waals surface area contributed by atoms with Crippen molar-refractivity contribution in [3.8, 4) is 0 Å². The summed E-state index contributed by atoms with van der Waals surface area (Å²) in [7, 11) is 4.25. The van der Waals surface area contributed by atoms with Gasteiger partial charge in [-0.05, 0) is 51.3 Å². The lowest BCUT2D eigenvalue weighted by molar-refractivity contribution is 0.388. The van der Waals surface area contributed by atoms with Gasteiger partial charge in [0, 0.05) is 30.2 Å². The normalized spacial score (nSPS) is 11.6. The van der Waals surface area contributed by atoms with Crippen LogP contribution >= 0.6 is 0 Å². The van der Waals surface area contributed by atoms with E-state index in [-0.39, 0.29) is 0 Å². The van der Waals surface area contributed by atoms with Gasteiger partial charge in [-0.2, -0.15) is 0 Å². The third kappa shape index (κ3) is 3.58. The molecule has 0 aliphatic rings. The molecule has 104 valence electrons. The van der Waals surface area contributed by atoms with Gasteiger partial charge in [-0.25, -0.2) is 0 Å². The standard InChI is InChI=1S/C16H25N3/c1-4-17-13-14-7-5-8-16-15(14)9-12-19(16)11-6-10-18(2)3/h5,7-9,12,17H,4,6,10-11,13H2,1-3H3. The van der Waals surface area contributed by atoms with Crippen LogP contribution in [0.2, 0.25) is 0 Å². The van der Waals surface area contributed by atoms with Gasteiger partial charge in [-0.1, -0.05) is 19.1 Å². The summed E-state index contributed by atoms with van der Waals surface area (Å²) in [6.07, 6.45) is 3.41.